The van der Waals surface area contributed by atoms with Gasteiger partial charge in [0, 0.05) is 28.3 Å². The zero-order chi connectivity index (χ0) is 20.1. The fourth-order valence-electron chi connectivity index (χ4n) is 3.97. The number of pyridine rings is 1. The minimum atomic E-state index is -0.547. The highest BCUT2D eigenvalue weighted by molar-refractivity contribution is 7.99. The van der Waals surface area contributed by atoms with Crippen LogP contribution in [0.25, 0.3) is 0 Å². The first kappa shape index (κ1) is 18.9. The summed E-state index contributed by atoms with van der Waals surface area (Å²) in [6.45, 7) is 3.95. The molecule has 1 aromatic carbocycles. The van der Waals surface area contributed by atoms with E-state index in [1.807, 2.05) is 13.8 Å². The third-order valence-electron chi connectivity index (χ3n) is 5.29. The number of rotatable bonds is 2. The summed E-state index contributed by atoms with van der Waals surface area (Å²) in [5.74, 6) is -0.249. The Balaban J connectivity index is 1.64. The van der Waals surface area contributed by atoms with Gasteiger partial charge in [-0.05, 0) is 36.0 Å². The average molecular weight is 400 g/mol. The Bertz CT molecular complexity index is 1040. The molecule has 0 bridgehead atoms. The number of aromatic amines is 1. The summed E-state index contributed by atoms with van der Waals surface area (Å²) >= 11 is 1.42. The molecule has 0 spiro atoms. The van der Waals surface area contributed by atoms with Gasteiger partial charge in [0.2, 0.25) is 0 Å². The second kappa shape index (κ2) is 6.88. The molecule has 1 aromatic heterocycles. The molecule has 1 atom stereocenters. The normalized spacial score (nSPS) is 20.2. The Morgan fingerprint density at radius 3 is 2.86 bits per heavy atom. The number of benzene rings is 1. The number of H-pyrrole nitrogens is 1. The molecule has 1 unspecified atom stereocenters. The van der Waals surface area contributed by atoms with Gasteiger partial charge in [-0.25, -0.2) is 4.39 Å². The van der Waals surface area contributed by atoms with Crippen molar-refractivity contribution in [1.29, 1.82) is 0 Å². The number of carbonyl (C=O) groups excluding carboxylic acids is 2. The van der Waals surface area contributed by atoms with Gasteiger partial charge in [0.25, 0.3) is 11.5 Å². The lowest BCUT2D eigenvalue weighted by atomic mass is 9.75. The van der Waals surface area contributed by atoms with Gasteiger partial charge in [-0.15, -0.1) is 11.8 Å². The van der Waals surface area contributed by atoms with Crippen LogP contribution in [0.2, 0.25) is 0 Å². The Morgan fingerprint density at radius 2 is 2.07 bits per heavy atom. The first-order valence-corrected chi connectivity index (χ1v) is 10.3. The summed E-state index contributed by atoms with van der Waals surface area (Å²) in [5, 5.41) is 2.85. The van der Waals surface area contributed by atoms with E-state index in [1.165, 1.54) is 23.9 Å². The lowest BCUT2D eigenvalue weighted by molar-refractivity contribution is 0.0910. The summed E-state index contributed by atoms with van der Waals surface area (Å²) in [7, 11) is 0. The summed E-state index contributed by atoms with van der Waals surface area (Å²) in [6, 6.07) is 5.84. The Kier molecular flexibility index (Phi) is 4.65. The number of aromatic nitrogens is 1. The molecular weight excluding hydrogens is 379 g/mol. The van der Waals surface area contributed by atoms with Crippen molar-refractivity contribution >= 4 is 23.5 Å². The predicted octanol–water partition coefficient (Wildman–Crippen LogP) is 3.64. The maximum absolute atomic E-state index is 14.0. The Morgan fingerprint density at radius 1 is 1.29 bits per heavy atom. The van der Waals surface area contributed by atoms with E-state index in [4.69, 9.17) is 0 Å². The fraction of sp³-hybridized carbons (Fsp3) is 0.381. The SMILES string of the molecule is CC1(C)CC(=O)c2cc(C(=O)NC3CCSc4c(F)cccc43)c(=O)[nH]c2C1. The van der Waals surface area contributed by atoms with Crippen molar-refractivity contribution in [3.8, 4) is 0 Å². The molecule has 2 heterocycles. The number of ketones is 1. The van der Waals surface area contributed by atoms with E-state index in [9.17, 15) is 18.8 Å². The van der Waals surface area contributed by atoms with Gasteiger partial charge in [0.1, 0.15) is 11.4 Å². The van der Waals surface area contributed by atoms with E-state index in [0.717, 1.165) is 5.56 Å². The second-order valence-corrected chi connectivity index (χ2v) is 9.27. The number of Topliss-reactive ketones (excluding diaryl/α,β-unsaturated/α-hetero) is 1. The lowest BCUT2D eigenvalue weighted by Crippen LogP contribution is -2.36. The highest BCUT2D eigenvalue weighted by atomic mass is 32.2. The van der Waals surface area contributed by atoms with Crippen LogP contribution in [-0.2, 0) is 6.42 Å². The van der Waals surface area contributed by atoms with Crippen LogP contribution < -0.4 is 10.9 Å². The molecule has 2 N–H and O–H groups in total. The number of nitrogens with one attached hydrogen (secondary N) is 2. The van der Waals surface area contributed by atoms with Crippen molar-refractivity contribution in [2.24, 2.45) is 5.41 Å². The summed E-state index contributed by atoms with van der Waals surface area (Å²) in [4.78, 5) is 41.1. The van der Waals surface area contributed by atoms with Crippen LogP contribution in [0, 0.1) is 11.2 Å². The third-order valence-corrected chi connectivity index (χ3v) is 6.45. The van der Waals surface area contributed by atoms with Gasteiger partial charge in [0.05, 0.1) is 6.04 Å². The minimum absolute atomic E-state index is 0.0713. The molecule has 5 nitrogen and oxygen atoms in total. The van der Waals surface area contributed by atoms with Crippen molar-refractivity contribution in [3.63, 3.8) is 0 Å². The lowest BCUT2D eigenvalue weighted by Gasteiger charge is -2.30. The average Bonchev–Trinajstić information content (AvgIpc) is 2.61. The molecule has 0 saturated carbocycles. The largest absolute Gasteiger partial charge is 0.345 e. The first-order valence-electron chi connectivity index (χ1n) is 9.27. The van der Waals surface area contributed by atoms with Crippen molar-refractivity contribution in [2.75, 3.05) is 5.75 Å². The van der Waals surface area contributed by atoms with Crippen LogP contribution in [0.1, 0.15) is 64.7 Å². The van der Waals surface area contributed by atoms with Crippen molar-refractivity contribution in [2.45, 2.75) is 44.0 Å². The van der Waals surface area contributed by atoms with Crippen LogP contribution in [0.4, 0.5) is 4.39 Å². The van der Waals surface area contributed by atoms with Crippen molar-refractivity contribution < 1.29 is 14.0 Å². The van der Waals surface area contributed by atoms with E-state index < -0.39 is 11.5 Å². The van der Waals surface area contributed by atoms with Crippen molar-refractivity contribution in [1.82, 2.24) is 10.3 Å². The van der Waals surface area contributed by atoms with Crippen molar-refractivity contribution in [3.05, 3.63) is 62.8 Å². The van der Waals surface area contributed by atoms with Crippen LogP contribution in [0.3, 0.4) is 0 Å². The molecule has 0 fully saturated rings. The molecule has 28 heavy (non-hydrogen) atoms. The highest BCUT2D eigenvalue weighted by Gasteiger charge is 2.33. The summed E-state index contributed by atoms with van der Waals surface area (Å²) < 4.78 is 14.0. The number of hydrogen-bond donors (Lipinski definition) is 2. The number of carbonyl (C=O) groups is 2. The zero-order valence-electron chi connectivity index (χ0n) is 15.7. The number of fused-ring (bicyclic) bond motifs is 2. The molecule has 1 amide bonds. The third kappa shape index (κ3) is 3.39. The number of thioether (sulfide) groups is 1. The quantitative estimate of drug-likeness (QED) is 0.807. The molecule has 7 heteroatoms. The van der Waals surface area contributed by atoms with E-state index >= 15 is 0 Å². The molecular formula is C21H21FN2O3S. The summed E-state index contributed by atoms with van der Waals surface area (Å²) in [5.41, 5.74) is 0.912. The second-order valence-electron chi connectivity index (χ2n) is 8.17. The number of hydrogen-bond acceptors (Lipinski definition) is 4. The van der Waals surface area contributed by atoms with Gasteiger partial charge >= 0.3 is 0 Å². The monoisotopic (exact) mass is 400 g/mol. The zero-order valence-corrected chi connectivity index (χ0v) is 16.5. The van der Waals surface area contributed by atoms with Gasteiger partial charge in [-0.1, -0.05) is 26.0 Å². The van der Waals surface area contributed by atoms with Crippen LogP contribution in [-0.4, -0.2) is 22.4 Å². The minimum Gasteiger partial charge on any atom is -0.345 e. The standard InChI is InChI=1S/C21H21FN2O3S/c1-21(2)9-16-12(17(25)10-21)8-13(20(27)24-16)19(26)23-15-6-7-28-18-11(15)4-3-5-14(18)22/h3-5,8,15H,6-7,9-10H2,1-2H3,(H,23,26)(H,24,27). The number of halogens is 1. The van der Waals surface area contributed by atoms with Gasteiger partial charge in [0.15, 0.2) is 5.78 Å². The molecule has 0 radical (unpaired) electrons. The molecule has 2 aliphatic rings. The maximum atomic E-state index is 14.0. The molecule has 2 aromatic rings. The molecule has 1 aliphatic heterocycles. The van der Waals surface area contributed by atoms with E-state index in [1.54, 1.807) is 12.1 Å². The van der Waals surface area contributed by atoms with Gasteiger partial charge in [-0.3, -0.25) is 14.4 Å². The Labute approximate surface area is 166 Å². The topological polar surface area (TPSA) is 79.0 Å². The Hall–Kier alpha value is -2.41. The predicted molar refractivity (Wildman–Crippen MR) is 105 cm³/mol. The van der Waals surface area contributed by atoms with Crippen LogP contribution in [0.5, 0.6) is 0 Å². The molecule has 1 aliphatic carbocycles. The summed E-state index contributed by atoms with van der Waals surface area (Å²) in [6.07, 6.45) is 1.60. The van der Waals surface area contributed by atoms with E-state index in [0.29, 0.717) is 41.2 Å². The molecule has 0 saturated heterocycles. The maximum Gasteiger partial charge on any atom is 0.261 e. The molecule has 146 valence electrons. The molecule has 4 rings (SSSR count). The first-order chi connectivity index (χ1) is 13.2. The van der Waals surface area contributed by atoms with E-state index in [2.05, 4.69) is 10.3 Å². The fourth-order valence-corrected chi connectivity index (χ4v) is 5.11. The smallest absolute Gasteiger partial charge is 0.261 e. The van der Waals surface area contributed by atoms with Crippen LogP contribution >= 0.6 is 11.8 Å². The van der Waals surface area contributed by atoms with Gasteiger partial charge < -0.3 is 10.3 Å². The highest BCUT2D eigenvalue weighted by Crippen LogP contribution is 2.38. The van der Waals surface area contributed by atoms with Gasteiger partial charge in [-0.2, -0.15) is 0 Å². The van der Waals surface area contributed by atoms with Crippen LogP contribution in [0.15, 0.2) is 34.0 Å². The van der Waals surface area contributed by atoms with E-state index in [-0.39, 0.29) is 28.6 Å². The number of amides is 1.